The van der Waals surface area contributed by atoms with Crippen LogP contribution in [0.4, 0.5) is 8.78 Å². The molecule has 1 aliphatic rings. The Balaban J connectivity index is 2.35. The number of aromatic amines is 1. The molecule has 1 aromatic rings. The number of alkyl halides is 2. The molecule has 1 aromatic heterocycles. The van der Waals surface area contributed by atoms with Gasteiger partial charge in [-0.25, -0.2) is 8.78 Å². The van der Waals surface area contributed by atoms with Crippen LogP contribution in [0.1, 0.15) is 17.8 Å². The second-order valence-corrected chi connectivity index (χ2v) is 3.60. The van der Waals surface area contributed by atoms with Crippen LogP contribution in [0.5, 0.6) is 0 Å². The number of halogens is 2. The van der Waals surface area contributed by atoms with Crippen LogP contribution >= 0.6 is 0 Å². The van der Waals surface area contributed by atoms with Crippen molar-refractivity contribution in [2.45, 2.75) is 24.7 Å². The van der Waals surface area contributed by atoms with E-state index in [1.807, 2.05) is 0 Å². The van der Waals surface area contributed by atoms with E-state index in [0.29, 0.717) is 5.69 Å². The van der Waals surface area contributed by atoms with E-state index >= 15 is 0 Å². The summed E-state index contributed by atoms with van der Waals surface area (Å²) in [4.78, 5) is 0. The standard InChI is InChI=1S/C8H11F2N3/c1-5-2-6(13-12-5)7(4-11)3-8(7,9)10/h2H,3-4,11H2,1H3,(H,12,13). The molecular weight excluding hydrogens is 176 g/mol. The van der Waals surface area contributed by atoms with Crippen LogP contribution in [-0.2, 0) is 5.41 Å². The summed E-state index contributed by atoms with van der Waals surface area (Å²) in [6.07, 6.45) is -0.180. The third-order valence-electron chi connectivity index (χ3n) is 2.64. The lowest BCUT2D eigenvalue weighted by atomic mass is 10.0. The van der Waals surface area contributed by atoms with E-state index in [2.05, 4.69) is 10.2 Å². The van der Waals surface area contributed by atoms with Crippen LogP contribution in [0.15, 0.2) is 6.07 Å². The molecule has 0 radical (unpaired) electrons. The molecule has 0 spiro atoms. The fourth-order valence-corrected chi connectivity index (χ4v) is 1.60. The molecule has 3 nitrogen and oxygen atoms in total. The van der Waals surface area contributed by atoms with Gasteiger partial charge in [-0.1, -0.05) is 0 Å². The van der Waals surface area contributed by atoms with Crippen molar-refractivity contribution in [2.75, 3.05) is 6.54 Å². The number of hydrogen-bond acceptors (Lipinski definition) is 2. The Hall–Kier alpha value is -0.970. The van der Waals surface area contributed by atoms with Gasteiger partial charge in [0, 0.05) is 18.7 Å². The SMILES string of the molecule is Cc1cc(C2(CN)CC2(F)F)n[nH]1. The van der Waals surface area contributed by atoms with Gasteiger partial charge in [-0.15, -0.1) is 0 Å². The lowest BCUT2D eigenvalue weighted by Crippen LogP contribution is -2.27. The smallest absolute Gasteiger partial charge is 0.261 e. The summed E-state index contributed by atoms with van der Waals surface area (Å²) in [6.45, 7) is 1.73. The van der Waals surface area contributed by atoms with E-state index in [1.54, 1.807) is 13.0 Å². The number of nitrogens with two attached hydrogens (primary N) is 1. The summed E-state index contributed by atoms with van der Waals surface area (Å²) in [5.74, 6) is -2.68. The van der Waals surface area contributed by atoms with Gasteiger partial charge in [0.05, 0.1) is 11.1 Å². The number of nitrogens with one attached hydrogen (secondary N) is 1. The number of hydrogen-bond donors (Lipinski definition) is 2. The summed E-state index contributed by atoms with van der Waals surface area (Å²) >= 11 is 0. The zero-order valence-corrected chi connectivity index (χ0v) is 7.27. The second-order valence-electron chi connectivity index (χ2n) is 3.60. The van der Waals surface area contributed by atoms with Crippen molar-refractivity contribution in [3.05, 3.63) is 17.5 Å². The molecule has 0 amide bonds. The Morgan fingerprint density at radius 2 is 2.31 bits per heavy atom. The maximum Gasteiger partial charge on any atom is 0.261 e. The van der Waals surface area contributed by atoms with E-state index in [-0.39, 0.29) is 13.0 Å². The predicted octanol–water partition coefficient (Wildman–Crippen LogP) is 0.954. The molecule has 13 heavy (non-hydrogen) atoms. The zero-order valence-electron chi connectivity index (χ0n) is 7.27. The van der Waals surface area contributed by atoms with E-state index in [0.717, 1.165) is 5.69 Å². The second kappa shape index (κ2) is 2.29. The van der Waals surface area contributed by atoms with Gasteiger partial charge < -0.3 is 5.73 Å². The van der Waals surface area contributed by atoms with Crippen LogP contribution in [0.3, 0.4) is 0 Å². The quantitative estimate of drug-likeness (QED) is 0.724. The van der Waals surface area contributed by atoms with Crippen molar-refractivity contribution in [2.24, 2.45) is 5.73 Å². The van der Waals surface area contributed by atoms with Gasteiger partial charge in [0.1, 0.15) is 0 Å². The molecule has 1 saturated carbocycles. The average molecular weight is 187 g/mol. The molecule has 0 aromatic carbocycles. The first-order chi connectivity index (χ1) is 6.02. The topological polar surface area (TPSA) is 54.7 Å². The summed E-state index contributed by atoms with van der Waals surface area (Å²) in [5, 5.41) is 6.48. The van der Waals surface area contributed by atoms with Crippen molar-refractivity contribution in [1.29, 1.82) is 0 Å². The zero-order chi connectivity index (χ0) is 9.69. The van der Waals surface area contributed by atoms with Crippen molar-refractivity contribution in [3.8, 4) is 0 Å². The summed E-state index contributed by atoms with van der Waals surface area (Å²) in [7, 11) is 0. The minimum Gasteiger partial charge on any atom is -0.329 e. The number of H-pyrrole nitrogens is 1. The van der Waals surface area contributed by atoms with Crippen molar-refractivity contribution >= 4 is 0 Å². The summed E-state index contributed by atoms with van der Waals surface area (Å²) in [6, 6.07) is 1.63. The van der Waals surface area contributed by atoms with Crippen LogP contribution in [0.2, 0.25) is 0 Å². The largest absolute Gasteiger partial charge is 0.329 e. The van der Waals surface area contributed by atoms with Crippen molar-refractivity contribution in [3.63, 3.8) is 0 Å². The predicted molar refractivity (Wildman–Crippen MR) is 43.6 cm³/mol. The molecular formula is C8H11F2N3. The first kappa shape index (κ1) is 8.62. The molecule has 1 heterocycles. The Labute approximate surface area is 74.3 Å². The fourth-order valence-electron chi connectivity index (χ4n) is 1.60. The van der Waals surface area contributed by atoms with Gasteiger partial charge in [-0.2, -0.15) is 5.10 Å². The number of rotatable bonds is 2. The van der Waals surface area contributed by atoms with Crippen LogP contribution < -0.4 is 5.73 Å². The molecule has 3 N–H and O–H groups in total. The minimum absolute atomic E-state index is 0.0513. The van der Waals surface area contributed by atoms with Crippen LogP contribution in [-0.4, -0.2) is 22.7 Å². The average Bonchev–Trinajstić information content (AvgIpc) is 2.43. The third-order valence-corrected chi connectivity index (χ3v) is 2.64. The number of nitrogens with zero attached hydrogens (tertiary/aromatic N) is 1. The first-order valence-corrected chi connectivity index (χ1v) is 4.12. The monoisotopic (exact) mass is 187 g/mol. The van der Waals surface area contributed by atoms with Crippen molar-refractivity contribution < 1.29 is 8.78 Å². The summed E-state index contributed by atoms with van der Waals surface area (Å²) in [5.41, 5.74) is 5.32. The Bertz CT molecular complexity index is 334. The molecule has 72 valence electrons. The van der Waals surface area contributed by atoms with E-state index < -0.39 is 11.3 Å². The molecule has 0 bridgehead atoms. The van der Waals surface area contributed by atoms with Crippen molar-refractivity contribution in [1.82, 2.24) is 10.2 Å². The fraction of sp³-hybridized carbons (Fsp3) is 0.625. The lowest BCUT2D eigenvalue weighted by Gasteiger charge is -2.09. The highest BCUT2D eigenvalue weighted by Gasteiger charge is 2.72. The number of aryl methyl sites for hydroxylation is 1. The summed E-state index contributed by atoms with van der Waals surface area (Å²) < 4.78 is 26.0. The van der Waals surface area contributed by atoms with Gasteiger partial charge in [-0.3, -0.25) is 5.10 Å². The van der Waals surface area contributed by atoms with Crippen LogP contribution in [0.25, 0.3) is 0 Å². The lowest BCUT2D eigenvalue weighted by molar-refractivity contribution is 0.0886. The van der Waals surface area contributed by atoms with Gasteiger partial charge in [0.25, 0.3) is 5.92 Å². The highest BCUT2D eigenvalue weighted by atomic mass is 19.3. The molecule has 1 fully saturated rings. The van der Waals surface area contributed by atoms with E-state index in [4.69, 9.17) is 5.73 Å². The Morgan fingerprint density at radius 1 is 1.69 bits per heavy atom. The molecule has 2 rings (SSSR count). The maximum atomic E-state index is 13.0. The maximum absolute atomic E-state index is 13.0. The van der Waals surface area contributed by atoms with Gasteiger partial charge in [-0.05, 0) is 13.0 Å². The Kier molecular flexibility index (Phi) is 1.52. The highest BCUT2D eigenvalue weighted by Crippen LogP contribution is 2.60. The normalized spacial score (nSPS) is 30.5. The van der Waals surface area contributed by atoms with Crippen LogP contribution in [0, 0.1) is 6.92 Å². The van der Waals surface area contributed by atoms with Gasteiger partial charge >= 0.3 is 0 Å². The molecule has 1 unspecified atom stereocenters. The molecule has 1 atom stereocenters. The van der Waals surface area contributed by atoms with E-state index in [1.165, 1.54) is 0 Å². The third kappa shape index (κ3) is 0.997. The molecule has 1 aliphatic carbocycles. The number of aromatic nitrogens is 2. The Morgan fingerprint density at radius 3 is 2.62 bits per heavy atom. The molecule has 5 heteroatoms. The minimum atomic E-state index is -2.68. The van der Waals surface area contributed by atoms with Gasteiger partial charge in [0.2, 0.25) is 0 Å². The molecule has 0 saturated heterocycles. The first-order valence-electron chi connectivity index (χ1n) is 4.12. The van der Waals surface area contributed by atoms with E-state index in [9.17, 15) is 8.78 Å². The molecule has 0 aliphatic heterocycles. The van der Waals surface area contributed by atoms with Gasteiger partial charge in [0.15, 0.2) is 0 Å². The highest BCUT2D eigenvalue weighted by molar-refractivity contribution is 5.34.